The molecule has 1 heterocycles. The molecule has 1 aliphatic rings. The molecule has 106 valence electrons. The van der Waals surface area contributed by atoms with Gasteiger partial charge in [-0.3, -0.25) is 0 Å². The minimum Gasteiger partial charge on any atom is -0.453 e. The summed E-state index contributed by atoms with van der Waals surface area (Å²) in [5, 5.41) is 0. The molecule has 0 spiro atoms. The number of anilines is 1. The number of benzene rings is 1. The van der Waals surface area contributed by atoms with Crippen molar-refractivity contribution in [3.05, 3.63) is 97.6 Å². The van der Waals surface area contributed by atoms with E-state index in [4.69, 9.17) is 4.74 Å². The normalized spacial score (nSPS) is 14.7. The smallest absolute Gasteiger partial charge is 0.151 e. The molecule has 2 heteroatoms. The maximum absolute atomic E-state index is 5.89. The van der Waals surface area contributed by atoms with Crippen LogP contribution in [-0.2, 0) is 0 Å². The monoisotopic (exact) mass is 277 g/mol. The maximum atomic E-state index is 5.89. The Morgan fingerprint density at radius 2 is 1.90 bits per heavy atom. The molecule has 0 N–H and O–H groups in total. The Balaban J connectivity index is 2.71. The van der Waals surface area contributed by atoms with Crippen LogP contribution in [0.5, 0.6) is 5.75 Å². The lowest BCUT2D eigenvalue weighted by Crippen LogP contribution is -2.26. The van der Waals surface area contributed by atoms with Gasteiger partial charge in [0.2, 0.25) is 0 Å². The highest BCUT2D eigenvalue weighted by molar-refractivity contribution is 5.72. The Labute approximate surface area is 126 Å². The van der Waals surface area contributed by atoms with Crippen molar-refractivity contribution in [3.63, 3.8) is 0 Å². The van der Waals surface area contributed by atoms with Gasteiger partial charge in [-0.15, -0.1) is 0 Å². The van der Waals surface area contributed by atoms with E-state index < -0.39 is 0 Å². The zero-order chi connectivity index (χ0) is 15.2. The second kappa shape index (κ2) is 6.62. The lowest BCUT2D eigenvalue weighted by molar-refractivity contribution is 0.430. The summed E-state index contributed by atoms with van der Waals surface area (Å²) in [5.41, 5.74) is 2.80. The molecule has 0 fully saturated rings. The van der Waals surface area contributed by atoms with E-state index in [9.17, 15) is 0 Å². The molecule has 21 heavy (non-hydrogen) atoms. The van der Waals surface area contributed by atoms with Crippen LogP contribution in [0.4, 0.5) is 5.69 Å². The minimum atomic E-state index is 0.683. The van der Waals surface area contributed by atoms with Crippen molar-refractivity contribution in [3.8, 4) is 5.75 Å². The van der Waals surface area contributed by atoms with Crippen LogP contribution >= 0.6 is 0 Å². The van der Waals surface area contributed by atoms with Gasteiger partial charge in [-0.2, -0.15) is 0 Å². The van der Waals surface area contributed by atoms with Crippen LogP contribution < -0.4 is 9.64 Å². The average Bonchev–Trinajstić information content (AvgIpc) is 2.52. The quantitative estimate of drug-likeness (QED) is 0.693. The zero-order valence-corrected chi connectivity index (χ0v) is 12.3. The lowest BCUT2D eigenvalue weighted by atomic mass is 10.1. The second-order valence-electron chi connectivity index (χ2n) is 4.39. The van der Waals surface area contributed by atoms with E-state index in [1.807, 2.05) is 49.4 Å². The SMILES string of the molecule is C=C/C=C(\C=C/C)N1C(C=C)=C(C=C)Oc2ccccc21. The van der Waals surface area contributed by atoms with Gasteiger partial charge in [-0.1, -0.05) is 44.0 Å². The van der Waals surface area contributed by atoms with Gasteiger partial charge in [0, 0.05) is 5.70 Å². The minimum absolute atomic E-state index is 0.683. The summed E-state index contributed by atoms with van der Waals surface area (Å²) in [7, 11) is 0. The number of rotatable bonds is 5. The Kier molecular flexibility index (Phi) is 4.62. The molecule has 0 amide bonds. The first-order valence-corrected chi connectivity index (χ1v) is 6.78. The Hall–Kier alpha value is -2.74. The topological polar surface area (TPSA) is 12.5 Å². The standard InChI is InChI=1S/C19H19NO/c1-5-11-15(12-6-2)20-16(7-3)18(8-4)21-19-14-10-9-13-17(19)20/h5-14H,1,3-4H2,2H3/b12-6-,15-11+. The van der Waals surface area contributed by atoms with Gasteiger partial charge in [-0.25, -0.2) is 0 Å². The molecular weight excluding hydrogens is 258 g/mol. The summed E-state index contributed by atoms with van der Waals surface area (Å²) in [6.45, 7) is 13.5. The molecule has 1 aliphatic heterocycles. The van der Waals surface area contributed by atoms with Gasteiger partial charge in [-0.05, 0) is 43.4 Å². The van der Waals surface area contributed by atoms with Crippen LogP contribution in [0.25, 0.3) is 0 Å². The molecule has 1 aromatic carbocycles. The van der Waals surface area contributed by atoms with E-state index in [0.717, 1.165) is 22.8 Å². The molecule has 0 aromatic heterocycles. The van der Waals surface area contributed by atoms with Crippen molar-refractivity contribution >= 4 is 5.69 Å². The first kappa shape index (κ1) is 14.7. The van der Waals surface area contributed by atoms with Gasteiger partial charge < -0.3 is 9.64 Å². The largest absolute Gasteiger partial charge is 0.453 e. The average molecular weight is 277 g/mol. The summed E-state index contributed by atoms with van der Waals surface area (Å²) in [4.78, 5) is 2.09. The van der Waals surface area contributed by atoms with Gasteiger partial charge >= 0.3 is 0 Å². The highest BCUT2D eigenvalue weighted by atomic mass is 16.5. The first-order chi connectivity index (χ1) is 10.3. The van der Waals surface area contributed by atoms with Crippen molar-refractivity contribution in [2.45, 2.75) is 6.92 Å². The van der Waals surface area contributed by atoms with Crippen molar-refractivity contribution in [2.24, 2.45) is 0 Å². The number of nitrogens with zero attached hydrogens (tertiary/aromatic N) is 1. The predicted molar refractivity (Wildman–Crippen MR) is 90.1 cm³/mol. The lowest BCUT2D eigenvalue weighted by Gasteiger charge is -2.33. The van der Waals surface area contributed by atoms with Crippen LogP contribution in [0.1, 0.15) is 6.92 Å². The molecule has 0 atom stereocenters. The molecule has 0 saturated carbocycles. The Bertz CT molecular complexity index is 662. The second-order valence-corrected chi connectivity index (χ2v) is 4.39. The van der Waals surface area contributed by atoms with Gasteiger partial charge in [0.05, 0.1) is 11.4 Å². The van der Waals surface area contributed by atoms with E-state index in [2.05, 4.69) is 24.6 Å². The molecule has 0 radical (unpaired) electrons. The zero-order valence-electron chi connectivity index (χ0n) is 12.3. The van der Waals surface area contributed by atoms with Gasteiger partial charge in [0.15, 0.2) is 11.5 Å². The summed E-state index contributed by atoms with van der Waals surface area (Å²) < 4.78 is 5.89. The number of fused-ring (bicyclic) bond motifs is 1. The molecule has 2 rings (SSSR count). The fourth-order valence-electron chi connectivity index (χ4n) is 2.25. The summed E-state index contributed by atoms with van der Waals surface area (Å²) in [5.74, 6) is 1.47. The third-order valence-electron chi connectivity index (χ3n) is 3.08. The summed E-state index contributed by atoms with van der Waals surface area (Å²) >= 11 is 0. The maximum Gasteiger partial charge on any atom is 0.151 e. The number of para-hydroxylation sites is 2. The number of hydrogen-bond donors (Lipinski definition) is 0. The van der Waals surface area contributed by atoms with E-state index in [1.165, 1.54) is 0 Å². The van der Waals surface area contributed by atoms with Gasteiger partial charge in [0.1, 0.15) is 0 Å². The Morgan fingerprint density at radius 1 is 1.14 bits per heavy atom. The number of ether oxygens (including phenoxy) is 1. The van der Waals surface area contributed by atoms with E-state index in [1.54, 1.807) is 18.2 Å². The first-order valence-electron chi connectivity index (χ1n) is 6.78. The van der Waals surface area contributed by atoms with E-state index in [0.29, 0.717) is 5.76 Å². The molecule has 1 aromatic rings. The highest BCUT2D eigenvalue weighted by Crippen LogP contribution is 2.40. The molecular formula is C19H19NO. The van der Waals surface area contributed by atoms with Crippen molar-refractivity contribution in [1.29, 1.82) is 0 Å². The van der Waals surface area contributed by atoms with Crippen molar-refractivity contribution in [2.75, 3.05) is 4.90 Å². The van der Waals surface area contributed by atoms with Gasteiger partial charge in [0.25, 0.3) is 0 Å². The Morgan fingerprint density at radius 3 is 2.52 bits per heavy atom. The fourth-order valence-corrected chi connectivity index (χ4v) is 2.25. The van der Waals surface area contributed by atoms with Crippen molar-refractivity contribution in [1.82, 2.24) is 0 Å². The van der Waals surface area contributed by atoms with E-state index >= 15 is 0 Å². The molecule has 0 unspecified atom stereocenters. The van der Waals surface area contributed by atoms with Crippen LogP contribution in [0, 0.1) is 0 Å². The van der Waals surface area contributed by atoms with E-state index in [-0.39, 0.29) is 0 Å². The van der Waals surface area contributed by atoms with Crippen molar-refractivity contribution < 1.29 is 4.74 Å². The summed E-state index contributed by atoms with van der Waals surface area (Å²) in [6.07, 6.45) is 11.2. The van der Waals surface area contributed by atoms with Crippen LogP contribution in [0.3, 0.4) is 0 Å². The van der Waals surface area contributed by atoms with Crippen LogP contribution in [-0.4, -0.2) is 0 Å². The fraction of sp³-hybridized carbons (Fsp3) is 0.0526. The van der Waals surface area contributed by atoms with Crippen LogP contribution in [0.15, 0.2) is 97.6 Å². The molecule has 0 bridgehead atoms. The molecule has 0 saturated heterocycles. The third-order valence-corrected chi connectivity index (χ3v) is 3.08. The summed E-state index contributed by atoms with van der Waals surface area (Å²) in [6, 6.07) is 7.88. The third kappa shape index (κ3) is 2.75. The number of allylic oxidation sites excluding steroid dienone is 6. The number of hydrogen-bond acceptors (Lipinski definition) is 2. The van der Waals surface area contributed by atoms with Crippen LogP contribution in [0.2, 0.25) is 0 Å². The predicted octanol–water partition coefficient (Wildman–Crippen LogP) is 5.12. The molecule has 0 aliphatic carbocycles. The molecule has 2 nitrogen and oxygen atoms in total. The highest BCUT2D eigenvalue weighted by Gasteiger charge is 2.25.